The van der Waals surface area contributed by atoms with E-state index in [1.54, 1.807) is 0 Å². The number of aromatic nitrogens is 2. The highest BCUT2D eigenvalue weighted by Gasteiger charge is 2.57. The molecule has 3 saturated carbocycles. The maximum absolute atomic E-state index is 13.4. The SMILES string of the molecule is O=C(COc1ccc(Cl)c(F)c1)N[C@H]1CC2(NC(=O)c3cnc(C(F)(F)F)cn3)CC1C2. The summed E-state index contributed by atoms with van der Waals surface area (Å²) < 4.78 is 56.4. The average Bonchev–Trinajstić information content (AvgIpc) is 3.21. The van der Waals surface area contributed by atoms with Crippen LogP contribution in [-0.4, -0.2) is 40.0 Å². The monoisotopic (exact) mass is 472 g/mol. The van der Waals surface area contributed by atoms with Gasteiger partial charge in [0.1, 0.15) is 17.3 Å². The highest BCUT2D eigenvalue weighted by atomic mass is 35.5. The fourth-order valence-corrected chi connectivity index (χ4v) is 4.28. The predicted octanol–water partition coefficient (Wildman–Crippen LogP) is 3.13. The van der Waals surface area contributed by atoms with E-state index in [9.17, 15) is 27.2 Å². The molecule has 3 aliphatic carbocycles. The number of ether oxygens (including phenoxy) is 1. The first-order chi connectivity index (χ1) is 15.0. The second-order valence-corrected chi connectivity index (χ2v) is 8.34. The predicted molar refractivity (Wildman–Crippen MR) is 103 cm³/mol. The lowest BCUT2D eigenvalue weighted by Gasteiger charge is -2.38. The molecule has 3 aliphatic rings. The summed E-state index contributed by atoms with van der Waals surface area (Å²) in [6.45, 7) is -0.315. The smallest absolute Gasteiger partial charge is 0.434 e. The van der Waals surface area contributed by atoms with Crippen LogP contribution in [0.2, 0.25) is 5.02 Å². The van der Waals surface area contributed by atoms with Gasteiger partial charge in [0.25, 0.3) is 11.8 Å². The fourth-order valence-electron chi connectivity index (χ4n) is 4.17. The van der Waals surface area contributed by atoms with E-state index >= 15 is 0 Å². The van der Waals surface area contributed by atoms with Crippen molar-refractivity contribution in [1.82, 2.24) is 20.6 Å². The van der Waals surface area contributed by atoms with Crippen LogP contribution < -0.4 is 15.4 Å². The zero-order valence-corrected chi connectivity index (χ0v) is 17.1. The lowest BCUT2D eigenvalue weighted by molar-refractivity contribution is -0.141. The summed E-state index contributed by atoms with van der Waals surface area (Å²) in [4.78, 5) is 31.4. The number of fused-ring (bicyclic) bond motifs is 1. The average molecular weight is 473 g/mol. The molecule has 3 fully saturated rings. The van der Waals surface area contributed by atoms with Crippen LogP contribution in [0.1, 0.15) is 35.4 Å². The van der Waals surface area contributed by atoms with Crippen molar-refractivity contribution in [2.45, 2.75) is 37.0 Å². The highest BCUT2D eigenvalue weighted by molar-refractivity contribution is 6.30. The number of hydrogen-bond donors (Lipinski definition) is 2. The van der Waals surface area contributed by atoms with E-state index in [4.69, 9.17) is 16.3 Å². The van der Waals surface area contributed by atoms with Crippen LogP contribution >= 0.6 is 11.6 Å². The molecule has 0 unspecified atom stereocenters. The molecule has 0 spiro atoms. The van der Waals surface area contributed by atoms with E-state index in [2.05, 4.69) is 20.6 Å². The van der Waals surface area contributed by atoms with Gasteiger partial charge in [0, 0.05) is 17.6 Å². The van der Waals surface area contributed by atoms with Gasteiger partial charge in [-0.15, -0.1) is 0 Å². The molecule has 170 valence electrons. The van der Waals surface area contributed by atoms with E-state index in [-0.39, 0.29) is 35.0 Å². The van der Waals surface area contributed by atoms with E-state index in [1.807, 2.05) is 0 Å². The van der Waals surface area contributed by atoms with Gasteiger partial charge >= 0.3 is 6.18 Å². The van der Waals surface area contributed by atoms with Crippen molar-refractivity contribution >= 4 is 23.4 Å². The van der Waals surface area contributed by atoms with Gasteiger partial charge in [-0.05, 0) is 37.3 Å². The van der Waals surface area contributed by atoms with Crippen molar-refractivity contribution in [2.24, 2.45) is 5.92 Å². The second kappa shape index (κ2) is 8.19. The van der Waals surface area contributed by atoms with Crippen LogP contribution in [0, 0.1) is 11.7 Å². The van der Waals surface area contributed by atoms with Gasteiger partial charge in [-0.2, -0.15) is 13.2 Å². The van der Waals surface area contributed by atoms with Crippen LogP contribution in [0.5, 0.6) is 5.75 Å². The molecule has 32 heavy (non-hydrogen) atoms. The summed E-state index contributed by atoms with van der Waals surface area (Å²) >= 11 is 5.60. The van der Waals surface area contributed by atoms with E-state index < -0.39 is 35.0 Å². The van der Waals surface area contributed by atoms with Gasteiger partial charge in [0.2, 0.25) is 0 Å². The van der Waals surface area contributed by atoms with Gasteiger partial charge < -0.3 is 15.4 Å². The van der Waals surface area contributed by atoms with Gasteiger partial charge in [0.15, 0.2) is 12.3 Å². The molecule has 0 saturated heterocycles. The molecule has 1 atom stereocenters. The Labute approximate surface area is 184 Å². The van der Waals surface area contributed by atoms with E-state index in [1.165, 1.54) is 12.1 Å². The Bertz CT molecular complexity index is 1040. The molecule has 2 amide bonds. The number of halogens is 5. The topological polar surface area (TPSA) is 93.2 Å². The van der Waals surface area contributed by atoms with E-state index in [0.717, 1.165) is 12.3 Å². The third-order valence-electron chi connectivity index (χ3n) is 5.65. The zero-order chi connectivity index (χ0) is 23.1. The Morgan fingerprint density at radius 2 is 1.94 bits per heavy atom. The molecule has 1 aromatic carbocycles. The normalized spacial score (nSPS) is 23.9. The molecule has 2 aromatic rings. The molecule has 0 aliphatic heterocycles. The summed E-state index contributed by atoms with van der Waals surface area (Å²) in [6.07, 6.45) is -1.61. The van der Waals surface area contributed by atoms with Gasteiger partial charge in [-0.1, -0.05) is 11.6 Å². The minimum absolute atomic E-state index is 0.0536. The van der Waals surface area contributed by atoms with Gasteiger partial charge in [-0.25, -0.2) is 14.4 Å². The molecule has 7 nitrogen and oxygen atoms in total. The van der Waals surface area contributed by atoms with E-state index in [0.29, 0.717) is 25.5 Å². The van der Waals surface area contributed by atoms with Crippen LogP contribution in [0.3, 0.4) is 0 Å². The first-order valence-corrected chi connectivity index (χ1v) is 10.0. The largest absolute Gasteiger partial charge is 0.484 e. The lowest BCUT2D eigenvalue weighted by atomic mass is 9.76. The number of amides is 2. The third kappa shape index (κ3) is 4.62. The lowest BCUT2D eigenvalue weighted by Crippen LogP contribution is -2.52. The molecular formula is C20H17ClF4N4O3. The second-order valence-electron chi connectivity index (χ2n) is 7.93. The number of benzene rings is 1. The summed E-state index contributed by atoms with van der Waals surface area (Å²) in [7, 11) is 0. The zero-order valence-electron chi connectivity index (χ0n) is 16.4. The minimum atomic E-state index is -4.63. The van der Waals surface area contributed by atoms with Gasteiger partial charge in [-0.3, -0.25) is 9.59 Å². The van der Waals surface area contributed by atoms with Crippen molar-refractivity contribution in [3.8, 4) is 5.75 Å². The molecule has 1 heterocycles. The number of rotatable bonds is 6. The Hall–Kier alpha value is -2.95. The molecule has 1 aromatic heterocycles. The highest BCUT2D eigenvalue weighted by Crippen LogP contribution is 2.52. The van der Waals surface area contributed by atoms with Crippen molar-refractivity contribution < 1.29 is 31.9 Å². The van der Waals surface area contributed by atoms with Crippen molar-refractivity contribution in [3.05, 3.63) is 52.8 Å². The first-order valence-electron chi connectivity index (χ1n) is 9.64. The van der Waals surface area contributed by atoms with Crippen LogP contribution in [0.15, 0.2) is 30.6 Å². The summed E-state index contributed by atoms with van der Waals surface area (Å²) in [5, 5.41) is 5.60. The van der Waals surface area contributed by atoms with Crippen molar-refractivity contribution in [3.63, 3.8) is 0 Å². The van der Waals surface area contributed by atoms with Crippen LogP contribution in [-0.2, 0) is 11.0 Å². The number of nitrogens with one attached hydrogen (secondary N) is 2. The fraction of sp³-hybridized carbons (Fsp3) is 0.400. The number of carbonyl (C=O) groups excluding carboxylic acids is 2. The first kappa shape index (κ1) is 22.3. The number of nitrogens with zero attached hydrogens (tertiary/aromatic N) is 2. The Morgan fingerprint density at radius 1 is 1.19 bits per heavy atom. The third-order valence-corrected chi connectivity index (χ3v) is 5.95. The Balaban J connectivity index is 1.27. The Kier molecular flexibility index (Phi) is 5.70. The van der Waals surface area contributed by atoms with Crippen molar-refractivity contribution in [1.29, 1.82) is 0 Å². The number of carbonyl (C=O) groups is 2. The van der Waals surface area contributed by atoms with Crippen LogP contribution in [0.25, 0.3) is 0 Å². The maximum atomic E-state index is 13.4. The number of hydrogen-bond acceptors (Lipinski definition) is 5. The minimum Gasteiger partial charge on any atom is -0.484 e. The molecular weight excluding hydrogens is 456 g/mol. The summed E-state index contributed by atoms with van der Waals surface area (Å²) in [5.41, 5.74) is -1.94. The maximum Gasteiger partial charge on any atom is 0.434 e. The molecule has 2 bridgehead atoms. The number of alkyl halides is 3. The molecule has 5 rings (SSSR count). The van der Waals surface area contributed by atoms with Gasteiger partial charge in [0.05, 0.1) is 17.4 Å². The van der Waals surface area contributed by atoms with Crippen LogP contribution in [0.4, 0.5) is 17.6 Å². The Morgan fingerprint density at radius 3 is 2.56 bits per heavy atom. The molecule has 2 N–H and O–H groups in total. The summed E-state index contributed by atoms with van der Waals surface area (Å²) in [6, 6.07) is 3.66. The van der Waals surface area contributed by atoms with Crippen molar-refractivity contribution in [2.75, 3.05) is 6.61 Å². The summed E-state index contributed by atoms with van der Waals surface area (Å²) in [5.74, 6) is -1.35. The quantitative estimate of drug-likeness (QED) is 0.630. The molecule has 0 radical (unpaired) electrons. The standard InChI is InChI=1S/C20H17ClF4N4O3/c21-12-2-1-11(3-13(12)22)32-9-17(30)28-14-6-19(4-10(14)5-19)29-18(31)15-7-27-16(8-26-15)20(23,24)25/h1-3,7-8,10,14H,4-6,9H2,(H,28,30)(H,29,31)/t10?,14-,19?/m0/s1. The molecule has 12 heteroatoms.